The molecule has 196 valence electrons. The topological polar surface area (TPSA) is 119 Å². The van der Waals surface area contributed by atoms with Gasteiger partial charge in [-0.3, -0.25) is 9.59 Å². The van der Waals surface area contributed by atoms with E-state index in [0.29, 0.717) is 22.8 Å². The molecule has 0 aliphatic heterocycles. The molecule has 0 fully saturated rings. The van der Waals surface area contributed by atoms with E-state index in [1.165, 1.54) is 52.5 Å². The molecule has 1 heterocycles. The number of hydrogen-bond donors (Lipinski definition) is 3. The molecular formula is C26H27BrFN3O6. The number of rotatable bonds is 10. The number of methoxy groups -OCH3 is 2. The fourth-order valence-corrected chi connectivity index (χ4v) is 3.73. The van der Waals surface area contributed by atoms with E-state index in [9.17, 15) is 19.1 Å². The zero-order chi connectivity index (χ0) is 27.2. The SMILES string of the molecule is CNC(=O)COc1ccc(C(=O)NCC(C)(O)c2ccc(OC)c(-c3ccc(F)c(Br)c3)n2)cc1OC. The molecule has 9 nitrogen and oxygen atoms in total. The zero-order valence-corrected chi connectivity index (χ0v) is 22.3. The Balaban J connectivity index is 1.77. The number of carbonyl (C=O) groups excluding carboxylic acids is 2. The number of aromatic nitrogens is 1. The van der Waals surface area contributed by atoms with Gasteiger partial charge in [0.1, 0.15) is 22.9 Å². The van der Waals surface area contributed by atoms with Crippen LogP contribution in [0, 0.1) is 5.82 Å². The molecule has 37 heavy (non-hydrogen) atoms. The van der Waals surface area contributed by atoms with Gasteiger partial charge in [-0.1, -0.05) is 0 Å². The second-order valence-electron chi connectivity index (χ2n) is 8.16. The molecule has 0 aliphatic rings. The number of pyridine rings is 1. The number of ether oxygens (including phenoxy) is 3. The Morgan fingerprint density at radius 1 is 1.05 bits per heavy atom. The Morgan fingerprint density at radius 3 is 2.41 bits per heavy atom. The maximum absolute atomic E-state index is 13.7. The highest BCUT2D eigenvalue weighted by molar-refractivity contribution is 9.10. The van der Waals surface area contributed by atoms with Gasteiger partial charge >= 0.3 is 0 Å². The van der Waals surface area contributed by atoms with Crippen molar-refractivity contribution >= 4 is 27.7 Å². The van der Waals surface area contributed by atoms with Gasteiger partial charge in [0.05, 0.1) is 30.9 Å². The Hall–Kier alpha value is -3.70. The molecule has 2 aromatic carbocycles. The average Bonchev–Trinajstić information content (AvgIpc) is 2.91. The van der Waals surface area contributed by atoms with Crippen LogP contribution in [0.25, 0.3) is 11.3 Å². The predicted octanol–water partition coefficient (Wildman–Crippen LogP) is 3.43. The zero-order valence-electron chi connectivity index (χ0n) is 20.7. The number of nitrogens with one attached hydrogen (secondary N) is 2. The maximum atomic E-state index is 13.7. The summed E-state index contributed by atoms with van der Waals surface area (Å²) >= 11 is 3.17. The molecule has 0 spiro atoms. The predicted molar refractivity (Wildman–Crippen MR) is 138 cm³/mol. The van der Waals surface area contributed by atoms with E-state index < -0.39 is 17.3 Å². The largest absolute Gasteiger partial charge is 0.494 e. The summed E-state index contributed by atoms with van der Waals surface area (Å²) in [7, 11) is 4.40. The second kappa shape index (κ2) is 12.0. The Kier molecular flexibility index (Phi) is 9.06. The number of benzene rings is 2. The number of halogens is 2. The van der Waals surface area contributed by atoms with Gasteiger partial charge in [-0.05, 0) is 71.4 Å². The van der Waals surface area contributed by atoms with E-state index in [2.05, 4.69) is 31.5 Å². The van der Waals surface area contributed by atoms with Crippen LogP contribution < -0.4 is 24.8 Å². The minimum atomic E-state index is -1.55. The van der Waals surface area contributed by atoms with E-state index in [1.54, 1.807) is 24.3 Å². The lowest BCUT2D eigenvalue weighted by molar-refractivity contribution is -0.122. The van der Waals surface area contributed by atoms with Crippen LogP contribution in [0.4, 0.5) is 4.39 Å². The van der Waals surface area contributed by atoms with Crippen LogP contribution >= 0.6 is 15.9 Å². The molecule has 0 saturated heterocycles. The molecule has 3 rings (SSSR count). The van der Waals surface area contributed by atoms with E-state index in [-0.39, 0.29) is 40.5 Å². The number of aliphatic hydroxyl groups is 1. The highest BCUT2D eigenvalue weighted by atomic mass is 79.9. The standard InChI is InChI=1S/C26H27BrFN3O6/c1-26(34,22-10-9-20(35-3)24(31-22)15-5-7-18(28)17(27)11-15)14-30-25(33)16-6-8-19(21(12-16)36-4)37-13-23(32)29-2/h5-12,34H,13-14H2,1-4H3,(H,29,32)(H,30,33). The first-order valence-corrected chi connectivity index (χ1v) is 11.9. The molecule has 1 aromatic heterocycles. The summed E-state index contributed by atoms with van der Waals surface area (Å²) in [5.41, 5.74) is -0.0183. The normalized spacial score (nSPS) is 12.3. The number of hydrogen-bond acceptors (Lipinski definition) is 7. The molecule has 1 unspecified atom stereocenters. The number of carbonyl (C=O) groups is 2. The third-order valence-electron chi connectivity index (χ3n) is 5.48. The van der Waals surface area contributed by atoms with Crippen molar-refractivity contribution < 1.29 is 33.3 Å². The quantitative estimate of drug-likeness (QED) is 0.339. The molecule has 0 aliphatic carbocycles. The minimum Gasteiger partial charge on any atom is -0.494 e. The first kappa shape index (κ1) is 27.9. The van der Waals surface area contributed by atoms with Crippen LogP contribution in [0.15, 0.2) is 53.0 Å². The third-order valence-corrected chi connectivity index (χ3v) is 6.09. The Labute approximate surface area is 222 Å². The molecule has 0 radical (unpaired) electrons. The number of nitrogens with zero attached hydrogens (tertiary/aromatic N) is 1. The fraction of sp³-hybridized carbons (Fsp3) is 0.269. The molecule has 3 N–H and O–H groups in total. The molecule has 0 saturated carbocycles. The summed E-state index contributed by atoms with van der Waals surface area (Å²) < 4.78 is 30.1. The van der Waals surface area contributed by atoms with Crippen molar-refractivity contribution in [1.29, 1.82) is 0 Å². The molecule has 3 aromatic rings. The number of amides is 2. The highest BCUT2D eigenvalue weighted by Crippen LogP contribution is 2.33. The summed E-state index contributed by atoms with van der Waals surface area (Å²) in [6.45, 7) is 1.16. The first-order chi connectivity index (χ1) is 17.6. The van der Waals surface area contributed by atoms with Crippen molar-refractivity contribution in [1.82, 2.24) is 15.6 Å². The van der Waals surface area contributed by atoms with Crippen LogP contribution in [-0.2, 0) is 10.4 Å². The average molecular weight is 576 g/mol. The third kappa shape index (κ3) is 6.75. The van der Waals surface area contributed by atoms with Gasteiger partial charge in [0.2, 0.25) is 0 Å². The highest BCUT2D eigenvalue weighted by Gasteiger charge is 2.27. The lowest BCUT2D eigenvalue weighted by atomic mass is 9.99. The molecule has 0 bridgehead atoms. The van der Waals surface area contributed by atoms with E-state index in [0.717, 1.165) is 0 Å². The molecular weight excluding hydrogens is 549 g/mol. The van der Waals surface area contributed by atoms with Crippen LogP contribution in [0.3, 0.4) is 0 Å². The van der Waals surface area contributed by atoms with E-state index in [4.69, 9.17) is 14.2 Å². The van der Waals surface area contributed by atoms with Crippen molar-refractivity contribution in [2.24, 2.45) is 0 Å². The van der Waals surface area contributed by atoms with E-state index >= 15 is 0 Å². The van der Waals surface area contributed by atoms with Gasteiger partial charge in [-0.15, -0.1) is 0 Å². The van der Waals surface area contributed by atoms with Gasteiger partial charge in [0.15, 0.2) is 18.1 Å². The molecule has 2 amide bonds. The van der Waals surface area contributed by atoms with Crippen molar-refractivity contribution in [2.75, 3.05) is 34.4 Å². The van der Waals surface area contributed by atoms with Gasteiger partial charge in [0.25, 0.3) is 11.8 Å². The van der Waals surface area contributed by atoms with Crippen LogP contribution in [0.5, 0.6) is 17.2 Å². The first-order valence-electron chi connectivity index (χ1n) is 11.1. The molecule has 11 heteroatoms. The lowest BCUT2D eigenvalue weighted by Gasteiger charge is -2.24. The van der Waals surface area contributed by atoms with Gasteiger partial charge in [-0.2, -0.15) is 0 Å². The summed E-state index contributed by atoms with van der Waals surface area (Å²) in [5.74, 6) is -0.183. The summed E-state index contributed by atoms with van der Waals surface area (Å²) in [6, 6.07) is 12.2. The monoisotopic (exact) mass is 575 g/mol. The minimum absolute atomic E-state index is 0.158. The van der Waals surface area contributed by atoms with Crippen LogP contribution in [0.1, 0.15) is 23.0 Å². The summed E-state index contributed by atoms with van der Waals surface area (Å²) in [6.07, 6.45) is 0. The smallest absolute Gasteiger partial charge is 0.257 e. The van der Waals surface area contributed by atoms with Crippen molar-refractivity contribution in [3.8, 4) is 28.5 Å². The van der Waals surface area contributed by atoms with Gasteiger partial charge < -0.3 is 30.0 Å². The fourth-order valence-electron chi connectivity index (χ4n) is 3.35. The molecule has 1 atom stereocenters. The summed E-state index contributed by atoms with van der Waals surface area (Å²) in [5, 5.41) is 16.3. The van der Waals surface area contributed by atoms with Gasteiger partial charge in [-0.25, -0.2) is 9.37 Å². The van der Waals surface area contributed by atoms with Crippen LogP contribution in [-0.4, -0.2) is 56.3 Å². The maximum Gasteiger partial charge on any atom is 0.257 e. The lowest BCUT2D eigenvalue weighted by Crippen LogP contribution is -2.39. The Morgan fingerprint density at radius 2 is 1.76 bits per heavy atom. The van der Waals surface area contributed by atoms with Crippen molar-refractivity contribution in [3.63, 3.8) is 0 Å². The Bertz CT molecular complexity index is 1300. The second-order valence-corrected chi connectivity index (χ2v) is 9.01. The van der Waals surface area contributed by atoms with Gasteiger partial charge in [0, 0.05) is 18.2 Å². The van der Waals surface area contributed by atoms with E-state index in [1.807, 2.05) is 0 Å². The van der Waals surface area contributed by atoms with Crippen molar-refractivity contribution in [3.05, 3.63) is 70.1 Å². The van der Waals surface area contributed by atoms with Crippen molar-refractivity contribution in [2.45, 2.75) is 12.5 Å². The van der Waals surface area contributed by atoms with Crippen LogP contribution in [0.2, 0.25) is 0 Å². The summed E-state index contributed by atoms with van der Waals surface area (Å²) in [4.78, 5) is 28.8. The number of likely N-dealkylation sites (N-methyl/N-ethyl adjacent to an activating group) is 1.